The first-order chi connectivity index (χ1) is 8.04. The van der Waals surface area contributed by atoms with Gasteiger partial charge in [0.15, 0.2) is 0 Å². The molecule has 0 spiro atoms. The summed E-state index contributed by atoms with van der Waals surface area (Å²) in [5.74, 6) is 1.76. The first-order valence-corrected chi connectivity index (χ1v) is 9.73. The third kappa shape index (κ3) is 6.11. The molecule has 1 atom stereocenters. The maximum Gasteiger partial charge on any atom is 0.145 e. The van der Waals surface area contributed by atoms with Crippen LogP contribution in [0.15, 0.2) is 12.1 Å². The first-order valence-electron chi connectivity index (χ1n) is 5.38. The maximum atomic E-state index is 5.91. The van der Waals surface area contributed by atoms with Crippen LogP contribution in [0, 0.1) is 16.6 Å². The highest BCUT2D eigenvalue weighted by molar-refractivity contribution is 14.1. The predicted molar refractivity (Wildman–Crippen MR) is 102 cm³/mol. The first kappa shape index (κ1) is 16.7. The number of halogens is 4. The molecule has 0 saturated heterocycles. The van der Waals surface area contributed by atoms with Crippen molar-refractivity contribution in [3.63, 3.8) is 0 Å². The third-order valence-corrected chi connectivity index (χ3v) is 5.11. The molecular formula is C12H14BrI3O. The molecule has 0 heterocycles. The van der Waals surface area contributed by atoms with Crippen LogP contribution in [-0.2, 0) is 0 Å². The number of rotatable bonds is 6. The summed E-state index contributed by atoms with van der Waals surface area (Å²) in [6.07, 6.45) is 2.33. The Bertz CT molecular complexity index is 348. The number of benzene rings is 1. The second-order valence-electron chi connectivity index (χ2n) is 3.92. The maximum absolute atomic E-state index is 5.91. The van der Waals surface area contributed by atoms with Gasteiger partial charge in [-0.15, -0.1) is 0 Å². The van der Waals surface area contributed by atoms with Crippen molar-refractivity contribution in [2.75, 3.05) is 11.9 Å². The number of hydrogen-bond donors (Lipinski definition) is 0. The van der Waals surface area contributed by atoms with Crippen LogP contribution in [-0.4, -0.2) is 11.9 Å². The van der Waals surface area contributed by atoms with Gasteiger partial charge in [-0.3, -0.25) is 0 Å². The predicted octanol–water partition coefficient (Wildman–Crippen LogP) is 5.69. The molecule has 0 saturated carbocycles. The van der Waals surface area contributed by atoms with E-state index in [2.05, 4.69) is 103 Å². The van der Waals surface area contributed by atoms with Crippen LogP contribution in [0.25, 0.3) is 0 Å². The van der Waals surface area contributed by atoms with Gasteiger partial charge in [0.1, 0.15) is 5.75 Å². The Hall–Kier alpha value is 1.69. The van der Waals surface area contributed by atoms with Crippen LogP contribution in [0.4, 0.5) is 0 Å². The van der Waals surface area contributed by atoms with Crippen molar-refractivity contribution in [1.29, 1.82) is 0 Å². The van der Waals surface area contributed by atoms with Crippen LogP contribution >= 0.6 is 83.7 Å². The molecule has 1 aromatic rings. The summed E-state index contributed by atoms with van der Waals surface area (Å²) in [7, 11) is 0. The SMILES string of the molecule is CC(CCBr)CCOc1c(I)cc(I)cc1I. The minimum Gasteiger partial charge on any atom is -0.491 e. The van der Waals surface area contributed by atoms with Gasteiger partial charge in [0, 0.05) is 8.90 Å². The lowest BCUT2D eigenvalue weighted by atomic mass is 10.1. The Kier molecular flexibility index (Phi) is 8.65. The Morgan fingerprint density at radius 1 is 1.18 bits per heavy atom. The number of ether oxygens (including phenoxy) is 1. The van der Waals surface area contributed by atoms with Crippen molar-refractivity contribution in [2.24, 2.45) is 5.92 Å². The molecule has 1 unspecified atom stereocenters. The van der Waals surface area contributed by atoms with Gasteiger partial charge in [-0.05, 0) is 98.7 Å². The molecular weight excluding hydrogens is 621 g/mol. The molecule has 5 heteroatoms. The number of hydrogen-bond acceptors (Lipinski definition) is 1. The van der Waals surface area contributed by atoms with E-state index in [1.807, 2.05) is 0 Å². The Balaban J connectivity index is 2.52. The lowest BCUT2D eigenvalue weighted by Gasteiger charge is -2.13. The minimum absolute atomic E-state index is 0.716. The van der Waals surface area contributed by atoms with Crippen LogP contribution in [0.2, 0.25) is 0 Å². The standard InChI is InChI=1S/C12H14BrI3O/c1-8(2-4-13)3-5-17-12-10(15)6-9(14)7-11(12)16/h6-8H,2-5H2,1H3. The normalized spacial score (nSPS) is 12.5. The van der Waals surface area contributed by atoms with Gasteiger partial charge in [0.2, 0.25) is 0 Å². The van der Waals surface area contributed by atoms with E-state index in [0.717, 1.165) is 24.1 Å². The fraction of sp³-hybridized carbons (Fsp3) is 0.500. The fourth-order valence-electron chi connectivity index (χ4n) is 1.36. The van der Waals surface area contributed by atoms with E-state index in [9.17, 15) is 0 Å². The molecule has 0 aliphatic rings. The van der Waals surface area contributed by atoms with Crippen LogP contribution in [0.3, 0.4) is 0 Å². The zero-order valence-corrected chi connectivity index (χ0v) is 17.5. The van der Waals surface area contributed by atoms with Gasteiger partial charge >= 0.3 is 0 Å². The topological polar surface area (TPSA) is 9.23 Å². The van der Waals surface area contributed by atoms with Crippen LogP contribution in [0.1, 0.15) is 19.8 Å². The largest absolute Gasteiger partial charge is 0.491 e. The van der Waals surface area contributed by atoms with E-state index < -0.39 is 0 Å². The van der Waals surface area contributed by atoms with Gasteiger partial charge in [0.25, 0.3) is 0 Å². The van der Waals surface area contributed by atoms with E-state index in [1.165, 1.54) is 17.1 Å². The van der Waals surface area contributed by atoms with Crippen molar-refractivity contribution in [3.05, 3.63) is 22.8 Å². The average molecular weight is 635 g/mol. The van der Waals surface area contributed by atoms with Gasteiger partial charge in [-0.25, -0.2) is 0 Å². The Morgan fingerprint density at radius 3 is 2.29 bits per heavy atom. The average Bonchev–Trinajstić information content (AvgIpc) is 2.22. The van der Waals surface area contributed by atoms with Gasteiger partial charge in [-0.2, -0.15) is 0 Å². The second kappa shape index (κ2) is 8.78. The van der Waals surface area contributed by atoms with Crippen molar-refractivity contribution < 1.29 is 4.74 Å². The van der Waals surface area contributed by atoms with Gasteiger partial charge in [-0.1, -0.05) is 22.9 Å². The highest BCUT2D eigenvalue weighted by Crippen LogP contribution is 2.29. The van der Waals surface area contributed by atoms with Crippen LogP contribution in [0.5, 0.6) is 5.75 Å². The summed E-state index contributed by atoms with van der Waals surface area (Å²) in [6.45, 7) is 3.08. The lowest BCUT2D eigenvalue weighted by molar-refractivity contribution is 0.279. The zero-order valence-electron chi connectivity index (χ0n) is 9.48. The molecule has 0 N–H and O–H groups in total. The zero-order chi connectivity index (χ0) is 12.8. The third-order valence-electron chi connectivity index (χ3n) is 2.42. The molecule has 0 aliphatic heterocycles. The van der Waals surface area contributed by atoms with Crippen molar-refractivity contribution in [3.8, 4) is 5.75 Å². The second-order valence-corrected chi connectivity index (χ2v) is 8.28. The molecule has 0 fully saturated rings. The molecule has 0 amide bonds. The summed E-state index contributed by atoms with van der Waals surface area (Å²) in [5, 5.41) is 1.08. The minimum atomic E-state index is 0.716. The molecule has 1 aromatic carbocycles. The molecule has 96 valence electrons. The lowest BCUT2D eigenvalue weighted by Crippen LogP contribution is -2.06. The van der Waals surface area contributed by atoms with Gasteiger partial charge < -0.3 is 4.74 Å². The van der Waals surface area contributed by atoms with E-state index in [0.29, 0.717) is 5.92 Å². The van der Waals surface area contributed by atoms with E-state index >= 15 is 0 Å². The Morgan fingerprint density at radius 2 is 1.76 bits per heavy atom. The Labute approximate surface area is 152 Å². The summed E-state index contributed by atoms with van der Waals surface area (Å²) < 4.78 is 9.57. The van der Waals surface area contributed by atoms with Crippen LogP contribution < -0.4 is 4.74 Å². The fourth-order valence-corrected chi connectivity index (χ4v) is 6.04. The van der Waals surface area contributed by atoms with E-state index in [-0.39, 0.29) is 0 Å². The van der Waals surface area contributed by atoms with Crippen molar-refractivity contribution >= 4 is 83.7 Å². The van der Waals surface area contributed by atoms with Gasteiger partial charge in [0.05, 0.1) is 13.7 Å². The quantitative estimate of drug-likeness (QED) is 0.289. The molecule has 0 aliphatic carbocycles. The number of alkyl halides is 1. The van der Waals surface area contributed by atoms with Crippen molar-refractivity contribution in [2.45, 2.75) is 19.8 Å². The molecule has 0 aromatic heterocycles. The molecule has 0 bridgehead atoms. The monoisotopic (exact) mass is 634 g/mol. The summed E-state index contributed by atoms with van der Waals surface area (Å²) >= 11 is 10.5. The summed E-state index contributed by atoms with van der Waals surface area (Å²) in [6, 6.07) is 4.31. The highest BCUT2D eigenvalue weighted by atomic mass is 127. The van der Waals surface area contributed by atoms with Crippen molar-refractivity contribution in [1.82, 2.24) is 0 Å². The highest BCUT2D eigenvalue weighted by Gasteiger charge is 2.09. The molecule has 17 heavy (non-hydrogen) atoms. The van der Waals surface area contributed by atoms with E-state index in [1.54, 1.807) is 0 Å². The molecule has 1 nitrogen and oxygen atoms in total. The summed E-state index contributed by atoms with van der Waals surface area (Å²) in [5.41, 5.74) is 0. The van der Waals surface area contributed by atoms with E-state index in [4.69, 9.17) is 4.74 Å². The molecule has 1 rings (SSSR count). The molecule has 0 radical (unpaired) electrons. The summed E-state index contributed by atoms with van der Waals surface area (Å²) in [4.78, 5) is 0. The smallest absolute Gasteiger partial charge is 0.145 e.